The second-order valence-corrected chi connectivity index (χ2v) is 4.31. The quantitative estimate of drug-likeness (QED) is 0.347. The van der Waals surface area contributed by atoms with Crippen LogP contribution in [0.3, 0.4) is 0 Å². The number of benzene rings is 1. The lowest BCUT2D eigenvalue weighted by atomic mass is 10.1. The minimum atomic E-state index is -0.441. The number of furan rings is 1. The van der Waals surface area contributed by atoms with Gasteiger partial charge in [-0.3, -0.25) is 4.79 Å². The highest BCUT2D eigenvalue weighted by Gasteiger charge is 2.15. The molecular formula is C13H12ClN3O4. The number of nitrogens with two attached hydrogens (primary N) is 1. The van der Waals surface area contributed by atoms with E-state index in [1.807, 2.05) is 0 Å². The predicted octanol–water partition coefficient (Wildman–Crippen LogP) is 2.29. The van der Waals surface area contributed by atoms with Crippen molar-refractivity contribution in [2.24, 2.45) is 10.9 Å². The summed E-state index contributed by atoms with van der Waals surface area (Å²) in [7, 11) is 1.44. The van der Waals surface area contributed by atoms with Gasteiger partial charge in [-0.15, -0.1) is 0 Å². The van der Waals surface area contributed by atoms with Gasteiger partial charge in [0.05, 0.1) is 24.6 Å². The van der Waals surface area contributed by atoms with E-state index in [2.05, 4.69) is 10.5 Å². The molecule has 0 aliphatic heterocycles. The van der Waals surface area contributed by atoms with Crippen LogP contribution in [0.15, 0.2) is 40.1 Å². The Hall–Kier alpha value is -2.67. The molecule has 1 aromatic carbocycles. The first-order valence-electron chi connectivity index (χ1n) is 5.77. The van der Waals surface area contributed by atoms with Crippen molar-refractivity contribution in [2.75, 3.05) is 12.4 Å². The minimum absolute atomic E-state index is 0.000236. The van der Waals surface area contributed by atoms with Crippen LogP contribution in [0.2, 0.25) is 5.22 Å². The molecule has 2 rings (SSSR count). The minimum Gasteiger partial charge on any atom is -0.495 e. The van der Waals surface area contributed by atoms with Gasteiger partial charge in [0.25, 0.3) is 5.91 Å². The summed E-state index contributed by atoms with van der Waals surface area (Å²) in [6.07, 6.45) is 1.32. The number of methoxy groups -OCH3 is 1. The van der Waals surface area contributed by atoms with Crippen LogP contribution in [-0.4, -0.2) is 24.1 Å². The van der Waals surface area contributed by atoms with Crippen LogP contribution in [0, 0.1) is 0 Å². The fraction of sp³-hybridized carbons (Fsp3) is 0.0769. The van der Waals surface area contributed by atoms with Gasteiger partial charge >= 0.3 is 0 Å². The van der Waals surface area contributed by atoms with Gasteiger partial charge < -0.3 is 25.4 Å². The molecule has 0 radical (unpaired) electrons. The summed E-state index contributed by atoms with van der Waals surface area (Å²) in [5, 5.41) is 14.2. The maximum absolute atomic E-state index is 12.0. The summed E-state index contributed by atoms with van der Waals surface area (Å²) in [5.74, 6) is -0.153. The summed E-state index contributed by atoms with van der Waals surface area (Å²) in [6.45, 7) is 0. The fourth-order valence-corrected chi connectivity index (χ4v) is 1.86. The van der Waals surface area contributed by atoms with Gasteiger partial charge in [0.2, 0.25) is 5.22 Å². The number of nitrogens with zero attached hydrogens (tertiary/aromatic N) is 1. The second kappa shape index (κ2) is 6.19. The van der Waals surface area contributed by atoms with Gasteiger partial charge in [0, 0.05) is 5.56 Å². The molecule has 8 heteroatoms. The zero-order valence-corrected chi connectivity index (χ0v) is 11.7. The third kappa shape index (κ3) is 3.09. The van der Waals surface area contributed by atoms with Crippen LogP contribution in [0.5, 0.6) is 5.75 Å². The van der Waals surface area contributed by atoms with Gasteiger partial charge in [0.1, 0.15) is 5.75 Å². The Labute approximate surface area is 124 Å². The Balaban J connectivity index is 2.28. The lowest BCUT2D eigenvalue weighted by Gasteiger charge is -2.11. The van der Waals surface area contributed by atoms with Crippen LogP contribution in [0.25, 0.3) is 0 Å². The van der Waals surface area contributed by atoms with Gasteiger partial charge in [-0.05, 0) is 35.9 Å². The van der Waals surface area contributed by atoms with Crippen LogP contribution in [0.1, 0.15) is 15.9 Å². The number of nitrogens with one attached hydrogen (secondary N) is 1. The Morgan fingerprint density at radius 3 is 2.81 bits per heavy atom. The van der Waals surface area contributed by atoms with E-state index in [9.17, 15) is 4.79 Å². The number of oxime groups is 1. The number of hydrogen-bond acceptors (Lipinski definition) is 5. The van der Waals surface area contributed by atoms with Crippen molar-refractivity contribution >= 4 is 29.0 Å². The average molecular weight is 310 g/mol. The summed E-state index contributed by atoms with van der Waals surface area (Å²) in [5.41, 5.74) is 6.56. The molecule has 0 saturated heterocycles. The van der Waals surface area contributed by atoms with E-state index in [0.29, 0.717) is 17.0 Å². The third-order valence-corrected chi connectivity index (χ3v) is 3.01. The highest BCUT2D eigenvalue weighted by molar-refractivity contribution is 6.32. The van der Waals surface area contributed by atoms with Crippen LogP contribution < -0.4 is 15.8 Å². The van der Waals surface area contributed by atoms with E-state index in [1.54, 1.807) is 12.1 Å². The molecule has 7 nitrogen and oxygen atoms in total. The number of anilines is 1. The average Bonchev–Trinajstić information content (AvgIpc) is 2.93. The maximum Gasteiger partial charge on any atom is 0.260 e. The number of amidine groups is 1. The molecular weight excluding hydrogens is 298 g/mol. The maximum atomic E-state index is 12.0. The number of hydrogen-bond donors (Lipinski definition) is 3. The molecule has 1 amide bonds. The Kier molecular flexibility index (Phi) is 4.34. The zero-order valence-electron chi connectivity index (χ0n) is 11.0. The van der Waals surface area contributed by atoms with Gasteiger partial charge in [-0.1, -0.05) is 5.16 Å². The first-order chi connectivity index (χ1) is 10.1. The summed E-state index contributed by atoms with van der Waals surface area (Å²) >= 11 is 5.74. The van der Waals surface area contributed by atoms with Crippen molar-refractivity contribution < 1.29 is 19.2 Å². The van der Waals surface area contributed by atoms with Crippen molar-refractivity contribution in [1.29, 1.82) is 0 Å². The van der Waals surface area contributed by atoms with Crippen LogP contribution in [-0.2, 0) is 0 Å². The van der Waals surface area contributed by atoms with Gasteiger partial charge in [0.15, 0.2) is 5.84 Å². The molecule has 0 fully saturated rings. The molecule has 1 heterocycles. The number of ether oxygens (including phenoxy) is 1. The van der Waals surface area contributed by atoms with Crippen LogP contribution in [0.4, 0.5) is 5.69 Å². The number of carbonyl (C=O) groups excluding carboxylic acids is 1. The highest BCUT2D eigenvalue weighted by atomic mass is 35.5. The zero-order chi connectivity index (χ0) is 15.4. The molecule has 0 spiro atoms. The number of carbonyl (C=O) groups is 1. The first kappa shape index (κ1) is 14.7. The first-order valence-corrected chi connectivity index (χ1v) is 6.15. The Bertz CT molecular complexity index is 696. The van der Waals surface area contributed by atoms with E-state index >= 15 is 0 Å². The number of halogens is 1. The van der Waals surface area contributed by atoms with Crippen molar-refractivity contribution in [3.05, 3.63) is 46.9 Å². The standard InChI is InChI=1S/C13H12ClN3O4/c1-20-10-6-7(12(15)17-19)2-3-9(10)16-13(18)8-4-5-21-11(8)14/h2-6,19H,1H3,(H2,15,17)(H,16,18). The second-order valence-electron chi connectivity index (χ2n) is 3.96. The van der Waals surface area contributed by atoms with E-state index in [1.165, 1.54) is 25.5 Å². The molecule has 0 saturated carbocycles. The molecule has 0 aliphatic carbocycles. The topological polar surface area (TPSA) is 110 Å². The molecule has 4 N–H and O–H groups in total. The van der Waals surface area contributed by atoms with E-state index in [-0.39, 0.29) is 16.6 Å². The van der Waals surface area contributed by atoms with Crippen molar-refractivity contribution in [3.8, 4) is 5.75 Å². The largest absolute Gasteiger partial charge is 0.495 e. The van der Waals surface area contributed by atoms with E-state index in [0.717, 1.165) is 0 Å². The van der Waals surface area contributed by atoms with E-state index in [4.69, 9.17) is 31.7 Å². The molecule has 0 atom stereocenters. The van der Waals surface area contributed by atoms with Gasteiger partial charge in [-0.25, -0.2) is 0 Å². The molecule has 1 aromatic heterocycles. The Morgan fingerprint density at radius 1 is 1.48 bits per heavy atom. The Morgan fingerprint density at radius 2 is 2.24 bits per heavy atom. The summed E-state index contributed by atoms with van der Waals surface area (Å²) < 4.78 is 10.0. The van der Waals surface area contributed by atoms with Gasteiger partial charge in [-0.2, -0.15) is 0 Å². The molecule has 0 bridgehead atoms. The molecule has 110 valence electrons. The number of amides is 1. The number of rotatable bonds is 4. The fourth-order valence-electron chi connectivity index (χ4n) is 1.66. The predicted molar refractivity (Wildman–Crippen MR) is 77.2 cm³/mol. The van der Waals surface area contributed by atoms with Crippen LogP contribution >= 0.6 is 11.6 Å². The molecule has 0 unspecified atom stereocenters. The summed E-state index contributed by atoms with van der Waals surface area (Å²) in [6, 6.07) is 6.12. The lowest BCUT2D eigenvalue weighted by molar-refractivity contribution is 0.102. The van der Waals surface area contributed by atoms with Crippen molar-refractivity contribution in [1.82, 2.24) is 0 Å². The smallest absolute Gasteiger partial charge is 0.260 e. The summed E-state index contributed by atoms with van der Waals surface area (Å²) in [4.78, 5) is 12.0. The third-order valence-electron chi connectivity index (χ3n) is 2.72. The molecule has 0 aliphatic rings. The van der Waals surface area contributed by atoms with Crippen molar-refractivity contribution in [2.45, 2.75) is 0 Å². The molecule has 21 heavy (non-hydrogen) atoms. The molecule has 2 aromatic rings. The van der Waals surface area contributed by atoms with E-state index < -0.39 is 5.91 Å². The lowest BCUT2D eigenvalue weighted by Crippen LogP contribution is -2.15. The highest BCUT2D eigenvalue weighted by Crippen LogP contribution is 2.27. The SMILES string of the molecule is COc1cc(/C(N)=N/O)ccc1NC(=O)c1ccoc1Cl. The monoisotopic (exact) mass is 309 g/mol. The van der Waals surface area contributed by atoms with Crippen molar-refractivity contribution in [3.63, 3.8) is 0 Å². The normalized spacial score (nSPS) is 11.2.